The van der Waals surface area contributed by atoms with E-state index in [0.29, 0.717) is 12.6 Å². The average molecular weight is 213 g/mol. The second-order valence-corrected chi connectivity index (χ2v) is 4.36. The fourth-order valence-corrected chi connectivity index (χ4v) is 2.02. The van der Waals surface area contributed by atoms with E-state index in [4.69, 9.17) is 0 Å². The average Bonchev–Trinajstić information content (AvgIpc) is 2.70. The fourth-order valence-electron chi connectivity index (χ4n) is 2.02. The highest BCUT2D eigenvalue weighted by Crippen LogP contribution is 2.23. The second kappa shape index (κ2) is 4.08. The maximum atomic E-state index is 4.33. The first kappa shape index (κ1) is 9.58. The van der Waals surface area contributed by atoms with Gasteiger partial charge in [0.2, 0.25) is 0 Å². The van der Waals surface area contributed by atoms with E-state index < -0.39 is 0 Å². The highest BCUT2D eigenvalue weighted by molar-refractivity contribution is 5.82. The Morgan fingerprint density at radius 2 is 2.19 bits per heavy atom. The topological polar surface area (TPSA) is 40.5 Å². The summed E-state index contributed by atoms with van der Waals surface area (Å²) in [6, 6.07) is 8.88. The zero-order chi connectivity index (χ0) is 10.8. The molecule has 0 atom stereocenters. The third kappa shape index (κ3) is 1.73. The van der Waals surface area contributed by atoms with Crippen LogP contribution in [0.15, 0.2) is 40.7 Å². The summed E-state index contributed by atoms with van der Waals surface area (Å²) in [5.74, 6) is 0. The molecule has 16 heavy (non-hydrogen) atoms. The molecule has 0 radical (unpaired) electrons. The SMILES string of the molecule is c1cc(C/N=N/C2CCC2)c2[nH]ccc2c1. The molecule has 1 N–H and O–H groups in total. The number of nitrogens with one attached hydrogen (secondary N) is 1. The normalized spacial score (nSPS) is 17.0. The zero-order valence-electron chi connectivity index (χ0n) is 9.19. The lowest BCUT2D eigenvalue weighted by atomic mass is 9.94. The summed E-state index contributed by atoms with van der Waals surface area (Å²) in [7, 11) is 0. The molecule has 0 bridgehead atoms. The standard InChI is InChI=1S/C13H15N3/c1-3-10-7-8-14-13(10)11(4-1)9-15-16-12-5-2-6-12/h1,3-4,7-8,12,14H,2,5-6,9H2/b16-15+. The largest absolute Gasteiger partial charge is 0.361 e. The smallest absolute Gasteiger partial charge is 0.0869 e. The molecule has 1 saturated carbocycles. The fraction of sp³-hybridized carbons (Fsp3) is 0.385. The van der Waals surface area contributed by atoms with E-state index in [2.05, 4.69) is 39.5 Å². The Morgan fingerprint density at radius 1 is 1.25 bits per heavy atom. The van der Waals surface area contributed by atoms with Crippen LogP contribution in [0.2, 0.25) is 0 Å². The highest BCUT2D eigenvalue weighted by Gasteiger charge is 2.15. The molecule has 1 heterocycles. The predicted octanol–water partition coefficient (Wildman–Crippen LogP) is 3.67. The van der Waals surface area contributed by atoms with Gasteiger partial charge in [0.1, 0.15) is 0 Å². The second-order valence-electron chi connectivity index (χ2n) is 4.36. The lowest BCUT2D eigenvalue weighted by Crippen LogP contribution is -2.13. The lowest BCUT2D eigenvalue weighted by molar-refractivity contribution is 0.401. The molecule has 3 heteroatoms. The number of para-hydroxylation sites is 1. The molecular formula is C13H15N3. The first-order valence-electron chi connectivity index (χ1n) is 5.85. The summed E-state index contributed by atoms with van der Waals surface area (Å²) < 4.78 is 0. The van der Waals surface area contributed by atoms with Gasteiger partial charge in [-0.1, -0.05) is 18.2 Å². The van der Waals surface area contributed by atoms with E-state index in [1.807, 2.05) is 6.20 Å². The van der Waals surface area contributed by atoms with Gasteiger partial charge in [0.15, 0.2) is 0 Å². The summed E-state index contributed by atoms with van der Waals surface area (Å²) in [6.45, 7) is 0.689. The van der Waals surface area contributed by atoms with Gasteiger partial charge < -0.3 is 4.98 Å². The number of aromatic nitrogens is 1. The Kier molecular flexibility index (Phi) is 2.44. The van der Waals surface area contributed by atoms with Gasteiger partial charge in [-0.25, -0.2) is 0 Å². The van der Waals surface area contributed by atoms with Crippen molar-refractivity contribution < 1.29 is 0 Å². The molecule has 0 unspecified atom stereocenters. The minimum Gasteiger partial charge on any atom is -0.361 e. The van der Waals surface area contributed by atoms with E-state index in [1.165, 1.54) is 35.7 Å². The van der Waals surface area contributed by atoms with E-state index in [-0.39, 0.29) is 0 Å². The Labute approximate surface area is 94.6 Å². The van der Waals surface area contributed by atoms with Crippen LogP contribution in [0.25, 0.3) is 10.9 Å². The molecule has 3 nitrogen and oxygen atoms in total. The maximum absolute atomic E-state index is 4.33. The van der Waals surface area contributed by atoms with Crippen molar-refractivity contribution in [2.45, 2.75) is 31.8 Å². The quantitative estimate of drug-likeness (QED) is 0.756. The first-order chi connectivity index (χ1) is 7.93. The third-order valence-electron chi connectivity index (χ3n) is 3.23. The number of hydrogen-bond donors (Lipinski definition) is 1. The molecule has 1 aliphatic carbocycles. The van der Waals surface area contributed by atoms with Crippen LogP contribution in [-0.4, -0.2) is 11.0 Å². The molecule has 0 spiro atoms. The molecule has 0 amide bonds. The van der Waals surface area contributed by atoms with Crippen LogP contribution in [-0.2, 0) is 6.54 Å². The molecule has 1 aliphatic rings. The van der Waals surface area contributed by atoms with Crippen molar-refractivity contribution in [1.29, 1.82) is 0 Å². The number of rotatable bonds is 3. The van der Waals surface area contributed by atoms with Crippen molar-refractivity contribution in [3.8, 4) is 0 Å². The van der Waals surface area contributed by atoms with Crippen molar-refractivity contribution in [3.05, 3.63) is 36.0 Å². The van der Waals surface area contributed by atoms with Crippen molar-refractivity contribution >= 4 is 10.9 Å². The predicted molar refractivity (Wildman–Crippen MR) is 64.5 cm³/mol. The summed E-state index contributed by atoms with van der Waals surface area (Å²) in [5, 5.41) is 9.87. The zero-order valence-corrected chi connectivity index (χ0v) is 9.19. The molecule has 0 saturated heterocycles. The van der Waals surface area contributed by atoms with E-state index in [1.54, 1.807) is 0 Å². The summed E-state index contributed by atoms with van der Waals surface area (Å²) in [5.41, 5.74) is 2.42. The van der Waals surface area contributed by atoms with Crippen molar-refractivity contribution in [2.75, 3.05) is 0 Å². The Hall–Kier alpha value is -1.64. The first-order valence-corrected chi connectivity index (χ1v) is 5.85. The minimum absolute atomic E-state index is 0.503. The van der Waals surface area contributed by atoms with Crippen LogP contribution in [0.1, 0.15) is 24.8 Å². The third-order valence-corrected chi connectivity index (χ3v) is 3.23. The van der Waals surface area contributed by atoms with Gasteiger partial charge in [-0.3, -0.25) is 0 Å². The molecule has 1 fully saturated rings. The Balaban J connectivity index is 1.77. The van der Waals surface area contributed by atoms with Gasteiger partial charge in [0, 0.05) is 6.20 Å². The Bertz CT molecular complexity index is 509. The van der Waals surface area contributed by atoms with Gasteiger partial charge in [-0.2, -0.15) is 10.2 Å². The monoisotopic (exact) mass is 213 g/mol. The molecule has 3 rings (SSSR count). The van der Waals surface area contributed by atoms with Gasteiger partial charge in [-0.05, 0) is 36.3 Å². The Morgan fingerprint density at radius 3 is 3.00 bits per heavy atom. The van der Waals surface area contributed by atoms with E-state index >= 15 is 0 Å². The van der Waals surface area contributed by atoms with Gasteiger partial charge in [0.05, 0.1) is 18.1 Å². The van der Waals surface area contributed by atoms with Crippen LogP contribution < -0.4 is 0 Å². The van der Waals surface area contributed by atoms with Gasteiger partial charge in [-0.15, -0.1) is 0 Å². The number of benzene rings is 1. The number of hydrogen-bond acceptors (Lipinski definition) is 2. The maximum Gasteiger partial charge on any atom is 0.0869 e. The van der Waals surface area contributed by atoms with Crippen LogP contribution in [0.5, 0.6) is 0 Å². The minimum atomic E-state index is 0.503. The van der Waals surface area contributed by atoms with Crippen LogP contribution >= 0.6 is 0 Å². The molecule has 1 aromatic carbocycles. The van der Waals surface area contributed by atoms with E-state index in [0.717, 1.165) is 0 Å². The summed E-state index contributed by atoms with van der Waals surface area (Å²) in [6.07, 6.45) is 5.72. The lowest BCUT2D eigenvalue weighted by Gasteiger charge is -2.18. The number of aromatic amines is 1. The van der Waals surface area contributed by atoms with Gasteiger partial charge >= 0.3 is 0 Å². The number of fused-ring (bicyclic) bond motifs is 1. The molecular weight excluding hydrogens is 198 g/mol. The van der Waals surface area contributed by atoms with Gasteiger partial charge in [0.25, 0.3) is 0 Å². The van der Waals surface area contributed by atoms with Crippen molar-refractivity contribution in [1.82, 2.24) is 4.98 Å². The number of azo groups is 1. The van der Waals surface area contributed by atoms with Crippen LogP contribution in [0.4, 0.5) is 0 Å². The van der Waals surface area contributed by atoms with Crippen LogP contribution in [0.3, 0.4) is 0 Å². The van der Waals surface area contributed by atoms with Crippen molar-refractivity contribution in [2.24, 2.45) is 10.2 Å². The number of H-pyrrole nitrogens is 1. The van der Waals surface area contributed by atoms with Crippen molar-refractivity contribution in [3.63, 3.8) is 0 Å². The molecule has 0 aliphatic heterocycles. The highest BCUT2D eigenvalue weighted by atomic mass is 15.1. The van der Waals surface area contributed by atoms with Crippen LogP contribution in [0, 0.1) is 0 Å². The molecule has 2 aromatic rings. The molecule has 1 aromatic heterocycles. The molecule has 82 valence electrons. The number of nitrogens with zero attached hydrogens (tertiary/aromatic N) is 2. The van der Waals surface area contributed by atoms with E-state index in [9.17, 15) is 0 Å². The summed E-state index contributed by atoms with van der Waals surface area (Å²) in [4.78, 5) is 3.25. The summed E-state index contributed by atoms with van der Waals surface area (Å²) >= 11 is 0.